The lowest BCUT2D eigenvalue weighted by atomic mass is 10.2. The molecular formula is C16H24N2O3. The molecule has 1 saturated heterocycles. The number of benzene rings is 1. The van der Waals surface area contributed by atoms with Crippen LogP contribution in [0.15, 0.2) is 24.3 Å². The average Bonchev–Trinajstić information content (AvgIpc) is 2.53. The van der Waals surface area contributed by atoms with Crippen LogP contribution >= 0.6 is 0 Å². The average molecular weight is 292 g/mol. The SMILES string of the molecule is CCOc1ccccc1N1CCN(C(=O)CCCO)CC1. The second-order valence-corrected chi connectivity index (χ2v) is 5.10. The zero-order chi connectivity index (χ0) is 15.1. The Balaban J connectivity index is 1.93. The van der Waals surface area contributed by atoms with Gasteiger partial charge in [-0.1, -0.05) is 12.1 Å². The highest BCUT2D eigenvalue weighted by Gasteiger charge is 2.22. The Labute approximate surface area is 126 Å². The third kappa shape index (κ3) is 4.11. The van der Waals surface area contributed by atoms with Crippen molar-refractivity contribution in [3.63, 3.8) is 0 Å². The Morgan fingerprint density at radius 1 is 1.24 bits per heavy atom. The van der Waals surface area contributed by atoms with E-state index in [1.165, 1.54) is 0 Å². The first kappa shape index (κ1) is 15.6. The van der Waals surface area contributed by atoms with Crippen molar-refractivity contribution in [3.8, 4) is 5.75 Å². The van der Waals surface area contributed by atoms with Crippen molar-refractivity contribution in [2.24, 2.45) is 0 Å². The van der Waals surface area contributed by atoms with E-state index in [1.54, 1.807) is 0 Å². The molecule has 5 nitrogen and oxygen atoms in total. The summed E-state index contributed by atoms with van der Waals surface area (Å²) in [7, 11) is 0. The fraction of sp³-hybridized carbons (Fsp3) is 0.562. The molecule has 1 aliphatic heterocycles. The first-order chi connectivity index (χ1) is 10.3. The molecule has 5 heteroatoms. The highest BCUT2D eigenvalue weighted by Crippen LogP contribution is 2.28. The Morgan fingerprint density at radius 2 is 1.95 bits per heavy atom. The minimum absolute atomic E-state index is 0.0768. The van der Waals surface area contributed by atoms with Crippen LogP contribution in [0.1, 0.15) is 19.8 Å². The zero-order valence-corrected chi connectivity index (χ0v) is 12.6. The van der Waals surface area contributed by atoms with E-state index in [2.05, 4.69) is 11.0 Å². The minimum Gasteiger partial charge on any atom is -0.492 e. The van der Waals surface area contributed by atoms with E-state index < -0.39 is 0 Å². The molecule has 1 aliphatic rings. The van der Waals surface area contributed by atoms with Gasteiger partial charge in [-0.2, -0.15) is 0 Å². The van der Waals surface area contributed by atoms with Crippen LogP contribution in [-0.2, 0) is 4.79 Å². The number of aliphatic hydroxyl groups excluding tert-OH is 1. The molecule has 1 amide bonds. The van der Waals surface area contributed by atoms with Crippen LogP contribution in [0.3, 0.4) is 0 Å². The molecule has 0 radical (unpaired) electrons. The molecule has 0 bridgehead atoms. The summed E-state index contributed by atoms with van der Waals surface area (Å²) in [6, 6.07) is 8.03. The quantitative estimate of drug-likeness (QED) is 0.863. The van der Waals surface area contributed by atoms with Crippen molar-refractivity contribution in [2.45, 2.75) is 19.8 Å². The van der Waals surface area contributed by atoms with E-state index in [0.29, 0.717) is 19.4 Å². The van der Waals surface area contributed by atoms with Gasteiger partial charge in [0.1, 0.15) is 5.75 Å². The number of hydrogen-bond donors (Lipinski definition) is 1. The number of carbonyl (C=O) groups excluding carboxylic acids is 1. The van der Waals surface area contributed by atoms with Crippen LogP contribution in [0, 0.1) is 0 Å². The van der Waals surface area contributed by atoms with E-state index in [4.69, 9.17) is 9.84 Å². The summed E-state index contributed by atoms with van der Waals surface area (Å²) < 4.78 is 5.67. The van der Waals surface area contributed by atoms with Crippen molar-refractivity contribution in [1.82, 2.24) is 4.90 Å². The van der Waals surface area contributed by atoms with Crippen molar-refractivity contribution in [2.75, 3.05) is 44.3 Å². The molecule has 1 fully saturated rings. The van der Waals surface area contributed by atoms with Gasteiger partial charge in [0.15, 0.2) is 0 Å². The maximum absolute atomic E-state index is 11.9. The number of piperazine rings is 1. The Morgan fingerprint density at radius 3 is 2.62 bits per heavy atom. The van der Waals surface area contributed by atoms with Crippen LogP contribution in [0.25, 0.3) is 0 Å². The summed E-state index contributed by atoms with van der Waals surface area (Å²) in [5.74, 6) is 1.04. The van der Waals surface area contributed by atoms with Gasteiger partial charge in [0.05, 0.1) is 12.3 Å². The Kier molecular flexibility index (Phi) is 5.87. The molecule has 1 heterocycles. The number of ether oxygens (including phenoxy) is 1. The van der Waals surface area contributed by atoms with Crippen molar-refractivity contribution in [1.29, 1.82) is 0 Å². The normalized spacial score (nSPS) is 15.1. The third-order valence-electron chi connectivity index (χ3n) is 3.69. The summed E-state index contributed by atoms with van der Waals surface area (Å²) in [5.41, 5.74) is 1.10. The van der Waals surface area contributed by atoms with Gasteiger partial charge in [0, 0.05) is 39.2 Å². The van der Waals surface area contributed by atoms with E-state index in [9.17, 15) is 4.79 Å². The zero-order valence-electron chi connectivity index (χ0n) is 12.6. The van der Waals surface area contributed by atoms with Gasteiger partial charge < -0.3 is 19.6 Å². The monoisotopic (exact) mass is 292 g/mol. The van der Waals surface area contributed by atoms with Crippen LogP contribution in [-0.4, -0.2) is 55.3 Å². The summed E-state index contributed by atoms with van der Waals surface area (Å²) in [5, 5.41) is 8.79. The standard InChI is InChI=1S/C16H24N2O3/c1-2-21-15-7-4-3-6-14(15)17-9-11-18(12-10-17)16(20)8-5-13-19/h3-4,6-7,19H,2,5,8-13H2,1H3. The van der Waals surface area contributed by atoms with E-state index >= 15 is 0 Å². The molecule has 0 unspecified atom stereocenters. The second-order valence-electron chi connectivity index (χ2n) is 5.10. The lowest BCUT2D eigenvalue weighted by Gasteiger charge is -2.36. The van der Waals surface area contributed by atoms with Gasteiger partial charge in [-0.15, -0.1) is 0 Å². The number of para-hydroxylation sites is 2. The van der Waals surface area contributed by atoms with Gasteiger partial charge in [-0.05, 0) is 25.5 Å². The Hall–Kier alpha value is -1.75. The first-order valence-electron chi connectivity index (χ1n) is 7.61. The van der Waals surface area contributed by atoms with Crippen molar-refractivity contribution < 1.29 is 14.6 Å². The van der Waals surface area contributed by atoms with Gasteiger partial charge in [-0.25, -0.2) is 0 Å². The number of rotatable bonds is 6. The predicted octanol–water partition coefficient (Wildman–Crippen LogP) is 1.51. The summed E-state index contributed by atoms with van der Waals surface area (Å²) in [4.78, 5) is 16.1. The lowest BCUT2D eigenvalue weighted by molar-refractivity contribution is -0.131. The van der Waals surface area contributed by atoms with E-state index in [0.717, 1.165) is 37.6 Å². The van der Waals surface area contributed by atoms with Crippen LogP contribution in [0.5, 0.6) is 5.75 Å². The third-order valence-corrected chi connectivity index (χ3v) is 3.69. The molecule has 1 N–H and O–H groups in total. The van der Waals surface area contributed by atoms with E-state index in [-0.39, 0.29) is 12.5 Å². The number of carbonyl (C=O) groups is 1. The molecule has 0 spiro atoms. The fourth-order valence-corrected chi connectivity index (χ4v) is 2.58. The number of anilines is 1. The molecule has 0 atom stereocenters. The number of nitrogens with zero attached hydrogens (tertiary/aromatic N) is 2. The Bertz CT molecular complexity index is 457. The fourth-order valence-electron chi connectivity index (χ4n) is 2.58. The molecule has 0 aromatic heterocycles. The van der Waals surface area contributed by atoms with E-state index in [1.807, 2.05) is 30.0 Å². The molecule has 2 rings (SSSR count). The molecule has 0 aliphatic carbocycles. The second kappa shape index (κ2) is 7.88. The molecule has 0 saturated carbocycles. The highest BCUT2D eigenvalue weighted by atomic mass is 16.5. The van der Waals surface area contributed by atoms with Crippen LogP contribution < -0.4 is 9.64 Å². The summed E-state index contributed by atoms with van der Waals surface area (Å²) in [6.45, 7) is 5.79. The highest BCUT2D eigenvalue weighted by molar-refractivity contribution is 5.76. The maximum Gasteiger partial charge on any atom is 0.222 e. The van der Waals surface area contributed by atoms with Crippen LogP contribution in [0.2, 0.25) is 0 Å². The summed E-state index contributed by atoms with van der Waals surface area (Å²) >= 11 is 0. The van der Waals surface area contributed by atoms with Crippen molar-refractivity contribution >= 4 is 11.6 Å². The molecule has 1 aromatic carbocycles. The largest absolute Gasteiger partial charge is 0.492 e. The lowest BCUT2D eigenvalue weighted by Crippen LogP contribution is -2.48. The van der Waals surface area contributed by atoms with Crippen LogP contribution in [0.4, 0.5) is 5.69 Å². The molecule has 21 heavy (non-hydrogen) atoms. The topological polar surface area (TPSA) is 53.0 Å². The van der Waals surface area contributed by atoms with Gasteiger partial charge >= 0.3 is 0 Å². The van der Waals surface area contributed by atoms with Crippen molar-refractivity contribution in [3.05, 3.63) is 24.3 Å². The molecule has 116 valence electrons. The smallest absolute Gasteiger partial charge is 0.222 e. The summed E-state index contributed by atoms with van der Waals surface area (Å²) in [6.07, 6.45) is 0.984. The molecular weight excluding hydrogens is 268 g/mol. The number of amides is 1. The minimum atomic E-state index is 0.0768. The maximum atomic E-state index is 11.9. The number of aliphatic hydroxyl groups is 1. The molecule has 1 aromatic rings. The van der Waals surface area contributed by atoms with Gasteiger partial charge in [0.25, 0.3) is 0 Å². The number of hydrogen-bond acceptors (Lipinski definition) is 4. The predicted molar refractivity (Wildman–Crippen MR) is 82.7 cm³/mol. The van der Waals surface area contributed by atoms with Gasteiger partial charge in [0.2, 0.25) is 5.91 Å². The first-order valence-corrected chi connectivity index (χ1v) is 7.61. The van der Waals surface area contributed by atoms with Gasteiger partial charge in [-0.3, -0.25) is 4.79 Å².